The standard InChI is InChI=1S/C26H29IN4O2/c1-3-31(4-2)14-6-9-22(32)11-12-23(33)15-19-10-13-25-24(16-19)26(29-18-28-25)30-21-8-5-7-20(27)17-21/h5,7-8,10-13,16-18H,3-4,6,9,14-15H2,1-2H3,(H,28,29,30)/b12-11-. The number of rotatable bonds is 12. The van der Waals surface area contributed by atoms with Crippen molar-refractivity contribution < 1.29 is 9.59 Å². The number of allylic oxidation sites excluding steroid dienone is 2. The van der Waals surface area contributed by atoms with Gasteiger partial charge in [-0.3, -0.25) is 9.59 Å². The molecule has 33 heavy (non-hydrogen) atoms. The lowest BCUT2D eigenvalue weighted by atomic mass is 10.1. The second-order valence-electron chi connectivity index (χ2n) is 7.78. The van der Waals surface area contributed by atoms with Crippen molar-refractivity contribution in [2.45, 2.75) is 33.1 Å². The summed E-state index contributed by atoms with van der Waals surface area (Å²) in [5.74, 6) is 0.581. The first-order valence-corrected chi connectivity index (χ1v) is 12.3. The molecule has 0 fully saturated rings. The predicted molar refractivity (Wildman–Crippen MR) is 142 cm³/mol. The Hall–Kier alpha value is -2.65. The van der Waals surface area contributed by atoms with Crippen LogP contribution < -0.4 is 5.32 Å². The van der Waals surface area contributed by atoms with E-state index in [1.54, 1.807) is 0 Å². The molecule has 0 aliphatic heterocycles. The lowest BCUT2D eigenvalue weighted by molar-refractivity contribution is -0.116. The van der Waals surface area contributed by atoms with Crippen LogP contribution in [0.4, 0.5) is 11.5 Å². The van der Waals surface area contributed by atoms with Crippen LogP contribution in [-0.4, -0.2) is 46.1 Å². The molecule has 172 valence electrons. The molecule has 0 atom stereocenters. The number of ketones is 2. The largest absolute Gasteiger partial charge is 0.340 e. The monoisotopic (exact) mass is 556 g/mol. The van der Waals surface area contributed by atoms with Crippen molar-refractivity contribution >= 4 is 56.6 Å². The topological polar surface area (TPSA) is 75.2 Å². The van der Waals surface area contributed by atoms with Gasteiger partial charge in [0.15, 0.2) is 11.6 Å². The van der Waals surface area contributed by atoms with E-state index < -0.39 is 0 Å². The quantitative estimate of drug-likeness (QED) is 0.240. The summed E-state index contributed by atoms with van der Waals surface area (Å²) in [7, 11) is 0. The minimum atomic E-state index is -0.101. The molecule has 0 radical (unpaired) electrons. The lowest BCUT2D eigenvalue weighted by Crippen LogP contribution is -2.24. The first-order valence-electron chi connectivity index (χ1n) is 11.2. The number of anilines is 2. The van der Waals surface area contributed by atoms with Gasteiger partial charge in [0.25, 0.3) is 0 Å². The third kappa shape index (κ3) is 7.71. The second-order valence-corrected chi connectivity index (χ2v) is 9.03. The van der Waals surface area contributed by atoms with E-state index in [0.717, 1.165) is 51.8 Å². The Balaban J connectivity index is 1.63. The molecule has 0 aliphatic rings. The third-order valence-corrected chi connectivity index (χ3v) is 6.08. The maximum atomic E-state index is 12.4. The predicted octanol–water partition coefficient (Wildman–Crippen LogP) is 5.34. The van der Waals surface area contributed by atoms with Crippen LogP contribution in [0.2, 0.25) is 0 Å². The van der Waals surface area contributed by atoms with Crippen LogP contribution in [0.1, 0.15) is 32.3 Å². The maximum Gasteiger partial charge on any atom is 0.160 e. The highest BCUT2D eigenvalue weighted by Gasteiger charge is 2.08. The number of hydrogen-bond acceptors (Lipinski definition) is 6. The van der Waals surface area contributed by atoms with Crippen molar-refractivity contribution in [3.8, 4) is 0 Å². The maximum absolute atomic E-state index is 12.4. The summed E-state index contributed by atoms with van der Waals surface area (Å²) in [5.41, 5.74) is 2.59. The number of hydrogen-bond donors (Lipinski definition) is 1. The Bertz CT molecular complexity index is 1140. The highest BCUT2D eigenvalue weighted by atomic mass is 127. The van der Waals surface area contributed by atoms with Crippen molar-refractivity contribution in [1.82, 2.24) is 14.9 Å². The Kier molecular flexibility index (Phi) is 9.50. The van der Waals surface area contributed by atoms with Gasteiger partial charge in [-0.25, -0.2) is 9.97 Å². The fourth-order valence-corrected chi connectivity index (χ4v) is 4.11. The van der Waals surface area contributed by atoms with Gasteiger partial charge in [0.05, 0.1) is 5.52 Å². The summed E-state index contributed by atoms with van der Waals surface area (Å²) >= 11 is 2.27. The average molecular weight is 556 g/mol. The summed E-state index contributed by atoms with van der Waals surface area (Å²) in [6.45, 7) is 7.10. The summed E-state index contributed by atoms with van der Waals surface area (Å²) < 4.78 is 1.12. The van der Waals surface area contributed by atoms with Gasteiger partial charge in [0.1, 0.15) is 12.1 Å². The molecule has 7 heteroatoms. The van der Waals surface area contributed by atoms with Crippen LogP contribution in [-0.2, 0) is 16.0 Å². The van der Waals surface area contributed by atoms with Gasteiger partial charge in [-0.1, -0.05) is 26.0 Å². The number of carbonyl (C=O) groups is 2. The van der Waals surface area contributed by atoms with Crippen molar-refractivity contribution in [3.63, 3.8) is 0 Å². The van der Waals surface area contributed by atoms with Gasteiger partial charge in [-0.05, 0) is 96.7 Å². The van der Waals surface area contributed by atoms with Crippen LogP contribution in [0, 0.1) is 3.57 Å². The molecular formula is C26H29IN4O2. The molecule has 0 saturated carbocycles. The fraction of sp³-hybridized carbons (Fsp3) is 0.308. The Morgan fingerprint density at radius 3 is 2.58 bits per heavy atom. The van der Waals surface area contributed by atoms with Crippen LogP contribution in [0.15, 0.2) is 60.9 Å². The molecule has 1 heterocycles. The Morgan fingerprint density at radius 2 is 1.82 bits per heavy atom. The van der Waals surface area contributed by atoms with Crippen LogP contribution in [0.25, 0.3) is 10.9 Å². The zero-order valence-electron chi connectivity index (χ0n) is 19.1. The smallest absolute Gasteiger partial charge is 0.160 e. The van der Waals surface area contributed by atoms with Crippen molar-refractivity contribution in [2.24, 2.45) is 0 Å². The second kappa shape index (κ2) is 12.6. The van der Waals surface area contributed by atoms with Crippen LogP contribution in [0.5, 0.6) is 0 Å². The van der Waals surface area contributed by atoms with Crippen LogP contribution >= 0.6 is 22.6 Å². The molecule has 0 spiro atoms. The summed E-state index contributed by atoms with van der Waals surface area (Å²) in [6.07, 6.45) is 5.82. The third-order valence-electron chi connectivity index (χ3n) is 5.41. The van der Waals surface area contributed by atoms with Gasteiger partial charge < -0.3 is 10.2 Å². The van der Waals surface area contributed by atoms with E-state index in [-0.39, 0.29) is 18.0 Å². The minimum Gasteiger partial charge on any atom is -0.340 e. The van der Waals surface area contributed by atoms with Gasteiger partial charge in [-0.15, -0.1) is 0 Å². The van der Waals surface area contributed by atoms with Gasteiger partial charge >= 0.3 is 0 Å². The molecule has 3 rings (SSSR count). The van der Waals surface area contributed by atoms with Crippen molar-refractivity contribution in [1.29, 1.82) is 0 Å². The summed E-state index contributed by atoms with van der Waals surface area (Å²) in [6, 6.07) is 13.7. The Morgan fingerprint density at radius 1 is 1.03 bits per heavy atom. The number of nitrogens with one attached hydrogen (secondary N) is 1. The SMILES string of the molecule is CCN(CC)CCCC(=O)/C=C\C(=O)Cc1ccc2ncnc(Nc3cccc(I)c3)c2c1. The summed E-state index contributed by atoms with van der Waals surface area (Å²) in [5, 5.41) is 4.19. The fourth-order valence-electron chi connectivity index (χ4n) is 3.56. The Labute approximate surface area is 208 Å². The zero-order chi connectivity index (χ0) is 23.6. The molecular weight excluding hydrogens is 527 g/mol. The first kappa shape index (κ1) is 25.0. The highest BCUT2D eigenvalue weighted by molar-refractivity contribution is 14.1. The van der Waals surface area contributed by atoms with E-state index in [9.17, 15) is 9.59 Å². The van der Waals surface area contributed by atoms with E-state index in [2.05, 4.69) is 56.6 Å². The molecule has 3 aromatic rings. The number of halogens is 1. The number of carbonyl (C=O) groups excluding carboxylic acids is 2. The molecule has 0 saturated heterocycles. The minimum absolute atomic E-state index is 0.00797. The van der Waals surface area contributed by atoms with Gasteiger partial charge in [0, 0.05) is 27.5 Å². The molecule has 0 unspecified atom stereocenters. The number of benzene rings is 2. The molecule has 2 aromatic carbocycles. The van der Waals surface area contributed by atoms with Crippen molar-refractivity contribution in [3.05, 3.63) is 70.1 Å². The summed E-state index contributed by atoms with van der Waals surface area (Å²) in [4.78, 5) is 35.6. The van der Waals surface area contributed by atoms with Crippen LogP contribution in [0.3, 0.4) is 0 Å². The number of nitrogens with zero attached hydrogens (tertiary/aromatic N) is 3. The van der Waals surface area contributed by atoms with Gasteiger partial charge in [-0.2, -0.15) is 0 Å². The molecule has 0 bridgehead atoms. The lowest BCUT2D eigenvalue weighted by Gasteiger charge is -2.16. The molecule has 1 aromatic heterocycles. The highest BCUT2D eigenvalue weighted by Crippen LogP contribution is 2.25. The van der Waals surface area contributed by atoms with Crippen molar-refractivity contribution in [2.75, 3.05) is 25.0 Å². The molecule has 0 aliphatic carbocycles. The normalized spacial score (nSPS) is 11.4. The van der Waals surface area contributed by atoms with E-state index in [4.69, 9.17) is 0 Å². The van der Waals surface area contributed by atoms with E-state index in [0.29, 0.717) is 12.2 Å². The number of fused-ring (bicyclic) bond motifs is 1. The average Bonchev–Trinajstić information content (AvgIpc) is 2.81. The molecule has 6 nitrogen and oxygen atoms in total. The van der Waals surface area contributed by atoms with E-state index in [1.165, 1.54) is 18.5 Å². The van der Waals surface area contributed by atoms with Gasteiger partial charge in [0.2, 0.25) is 0 Å². The molecule has 0 amide bonds. The van der Waals surface area contributed by atoms with E-state index >= 15 is 0 Å². The first-order chi connectivity index (χ1) is 16.0. The molecule has 1 N–H and O–H groups in total. The van der Waals surface area contributed by atoms with E-state index in [1.807, 2.05) is 42.5 Å². The zero-order valence-corrected chi connectivity index (χ0v) is 21.2. The number of aromatic nitrogens is 2.